The highest BCUT2D eigenvalue weighted by Gasteiger charge is 2.43. The average molecular weight is 285 g/mol. The summed E-state index contributed by atoms with van der Waals surface area (Å²) in [5.74, 6) is -6.75. The Labute approximate surface area is 113 Å². The molecule has 9 heteroatoms. The minimum Gasteiger partial charge on any atom is -0.369 e. The first-order valence-electron chi connectivity index (χ1n) is 5.39. The summed E-state index contributed by atoms with van der Waals surface area (Å²) in [6, 6.07) is 5.01. The molecule has 0 bridgehead atoms. The zero-order valence-electron chi connectivity index (χ0n) is 10.5. The number of anilines is 1. The first-order valence-corrected chi connectivity index (χ1v) is 5.39. The second-order valence-corrected chi connectivity index (χ2v) is 3.78. The topological polar surface area (TPSA) is 123 Å². The maximum absolute atomic E-state index is 14.0. The molecule has 0 aromatic heterocycles. The van der Waals surface area contributed by atoms with E-state index in [-0.39, 0.29) is 5.69 Å². The quantitative estimate of drug-likeness (QED) is 0.354. The number of guanidine groups is 1. The SMILES string of the molecule is CC(=O)Nc1ccccc1C(F)(F)C(=O)NN=C(N)N. The Hall–Kier alpha value is -2.71. The van der Waals surface area contributed by atoms with E-state index in [2.05, 4.69) is 10.4 Å². The summed E-state index contributed by atoms with van der Waals surface area (Å²) >= 11 is 0. The molecule has 0 aliphatic carbocycles. The molecule has 1 rings (SSSR count). The van der Waals surface area contributed by atoms with Gasteiger partial charge in [0.2, 0.25) is 11.9 Å². The molecule has 0 aliphatic heterocycles. The van der Waals surface area contributed by atoms with Crippen LogP contribution in [0.5, 0.6) is 0 Å². The molecule has 0 aliphatic rings. The minimum absolute atomic E-state index is 0.176. The molecule has 1 aromatic carbocycles. The van der Waals surface area contributed by atoms with E-state index >= 15 is 0 Å². The lowest BCUT2D eigenvalue weighted by atomic mass is 10.1. The van der Waals surface area contributed by atoms with E-state index in [1.165, 1.54) is 23.6 Å². The van der Waals surface area contributed by atoms with E-state index in [0.29, 0.717) is 0 Å². The van der Waals surface area contributed by atoms with Crippen molar-refractivity contribution in [1.29, 1.82) is 0 Å². The molecule has 1 aromatic rings. The van der Waals surface area contributed by atoms with Crippen molar-refractivity contribution in [3.05, 3.63) is 29.8 Å². The van der Waals surface area contributed by atoms with Crippen LogP contribution in [-0.2, 0) is 15.5 Å². The van der Waals surface area contributed by atoms with Gasteiger partial charge in [-0.1, -0.05) is 18.2 Å². The van der Waals surface area contributed by atoms with E-state index in [4.69, 9.17) is 11.5 Å². The van der Waals surface area contributed by atoms with Gasteiger partial charge in [-0.3, -0.25) is 9.59 Å². The minimum atomic E-state index is -3.92. The third-order valence-corrected chi connectivity index (χ3v) is 2.15. The van der Waals surface area contributed by atoms with Crippen molar-refractivity contribution in [1.82, 2.24) is 5.43 Å². The van der Waals surface area contributed by atoms with Crippen molar-refractivity contribution in [2.45, 2.75) is 12.8 Å². The van der Waals surface area contributed by atoms with Gasteiger partial charge in [0.15, 0.2) is 0 Å². The van der Waals surface area contributed by atoms with Crippen molar-refractivity contribution in [3.8, 4) is 0 Å². The smallest absolute Gasteiger partial charge is 0.353 e. The average Bonchev–Trinajstić information content (AvgIpc) is 2.35. The molecule has 0 saturated carbocycles. The predicted octanol–water partition coefficient (Wildman–Crippen LogP) is 0.0414. The van der Waals surface area contributed by atoms with Crippen LogP contribution in [0.2, 0.25) is 0 Å². The zero-order valence-corrected chi connectivity index (χ0v) is 10.5. The van der Waals surface area contributed by atoms with Crippen molar-refractivity contribution in [2.75, 3.05) is 5.32 Å². The van der Waals surface area contributed by atoms with E-state index in [1.54, 1.807) is 0 Å². The van der Waals surface area contributed by atoms with Crippen LogP contribution in [0.3, 0.4) is 0 Å². The van der Waals surface area contributed by atoms with Gasteiger partial charge in [0.05, 0.1) is 11.3 Å². The number of carbonyl (C=O) groups excluding carboxylic acids is 2. The fourth-order valence-electron chi connectivity index (χ4n) is 1.36. The number of hydrogen-bond donors (Lipinski definition) is 4. The molecule has 0 fully saturated rings. The number of hydrogen-bond acceptors (Lipinski definition) is 3. The molecule has 20 heavy (non-hydrogen) atoms. The number of amides is 2. The van der Waals surface area contributed by atoms with Crippen LogP contribution in [0, 0.1) is 0 Å². The molecule has 0 atom stereocenters. The summed E-state index contributed by atoms with van der Waals surface area (Å²) in [5.41, 5.74) is 10.6. The Balaban J connectivity index is 3.11. The van der Waals surface area contributed by atoms with Crippen molar-refractivity contribution >= 4 is 23.5 Å². The summed E-state index contributed by atoms with van der Waals surface area (Å²) < 4.78 is 28.0. The van der Waals surface area contributed by atoms with Crippen LogP contribution in [-0.4, -0.2) is 17.8 Å². The van der Waals surface area contributed by atoms with Crippen LogP contribution in [0.4, 0.5) is 14.5 Å². The van der Waals surface area contributed by atoms with Crippen LogP contribution >= 0.6 is 0 Å². The summed E-state index contributed by atoms with van der Waals surface area (Å²) in [6.07, 6.45) is 0. The van der Waals surface area contributed by atoms with Gasteiger partial charge >= 0.3 is 11.8 Å². The van der Waals surface area contributed by atoms with Crippen molar-refractivity contribution in [3.63, 3.8) is 0 Å². The molecule has 108 valence electrons. The van der Waals surface area contributed by atoms with Gasteiger partial charge in [0, 0.05) is 6.92 Å². The number of nitrogens with two attached hydrogens (primary N) is 2. The first-order chi connectivity index (χ1) is 9.25. The molecule has 0 saturated heterocycles. The van der Waals surface area contributed by atoms with Gasteiger partial charge in [-0.05, 0) is 6.07 Å². The predicted molar refractivity (Wildman–Crippen MR) is 68.6 cm³/mol. The third kappa shape index (κ3) is 3.64. The van der Waals surface area contributed by atoms with E-state index in [0.717, 1.165) is 13.0 Å². The molecule has 0 spiro atoms. The highest BCUT2D eigenvalue weighted by atomic mass is 19.3. The largest absolute Gasteiger partial charge is 0.369 e. The molecule has 0 heterocycles. The van der Waals surface area contributed by atoms with Crippen LogP contribution in [0.25, 0.3) is 0 Å². The van der Waals surface area contributed by atoms with Gasteiger partial charge in [-0.2, -0.15) is 8.78 Å². The van der Waals surface area contributed by atoms with Crippen LogP contribution in [0.1, 0.15) is 12.5 Å². The Morgan fingerprint density at radius 3 is 2.40 bits per heavy atom. The molecule has 7 nitrogen and oxygen atoms in total. The molecule has 0 radical (unpaired) electrons. The Morgan fingerprint density at radius 1 is 1.25 bits per heavy atom. The molecule has 0 unspecified atom stereocenters. The number of benzene rings is 1. The highest BCUT2D eigenvalue weighted by Crippen LogP contribution is 2.33. The van der Waals surface area contributed by atoms with Crippen LogP contribution in [0.15, 0.2) is 29.4 Å². The monoisotopic (exact) mass is 285 g/mol. The lowest BCUT2D eigenvalue weighted by molar-refractivity contribution is -0.146. The van der Waals surface area contributed by atoms with E-state index < -0.39 is 29.3 Å². The summed E-state index contributed by atoms with van der Waals surface area (Å²) in [7, 11) is 0. The molecule has 2 amide bonds. The van der Waals surface area contributed by atoms with Gasteiger partial charge in [0.1, 0.15) is 0 Å². The van der Waals surface area contributed by atoms with E-state index in [9.17, 15) is 18.4 Å². The summed E-state index contributed by atoms with van der Waals surface area (Å²) in [6.45, 7) is 1.16. The molecular formula is C11H13F2N5O2. The maximum atomic E-state index is 14.0. The second kappa shape index (κ2) is 5.95. The number of hydrazone groups is 1. The standard InChI is InChI=1S/C11H13F2N5O2/c1-6(19)16-8-5-3-2-4-7(8)11(12,13)9(20)17-18-10(14)15/h2-5H,1H3,(H,16,19)(H,17,20)(H4,14,15,18). The molecular weight excluding hydrogens is 272 g/mol. The van der Waals surface area contributed by atoms with Crippen molar-refractivity contribution < 1.29 is 18.4 Å². The zero-order chi connectivity index (χ0) is 15.3. The van der Waals surface area contributed by atoms with Gasteiger partial charge in [0.25, 0.3) is 0 Å². The summed E-state index contributed by atoms with van der Waals surface area (Å²) in [4.78, 5) is 22.4. The highest BCUT2D eigenvalue weighted by molar-refractivity contribution is 5.93. The van der Waals surface area contributed by atoms with Gasteiger partial charge < -0.3 is 16.8 Å². The third-order valence-electron chi connectivity index (χ3n) is 2.15. The van der Waals surface area contributed by atoms with Gasteiger partial charge in [-0.25, -0.2) is 5.43 Å². The lowest BCUT2D eigenvalue weighted by Crippen LogP contribution is -2.38. The Morgan fingerprint density at radius 2 is 1.85 bits per heavy atom. The lowest BCUT2D eigenvalue weighted by Gasteiger charge is -2.18. The number of nitrogens with one attached hydrogen (secondary N) is 2. The number of alkyl halides is 2. The fourth-order valence-corrected chi connectivity index (χ4v) is 1.36. The first kappa shape index (κ1) is 15.3. The second-order valence-electron chi connectivity index (χ2n) is 3.78. The number of halogens is 2. The number of para-hydroxylation sites is 1. The maximum Gasteiger partial charge on any atom is 0.353 e. The summed E-state index contributed by atoms with van der Waals surface area (Å²) in [5, 5.41) is 5.23. The number of rotatable bonds is 4. The van der Waals surface area contributed by atoms with Crippen molar-refractivity contribution in [2.24, 2.45) is 16.6 Å². The van der Waals surface area contributed by atoms with E-state index in [1.807, 2.05) is 0 Å². The van der Waals surface area contributed by atoms with Gasteiger partial charge in [-0.15, -0.1) is 5.10 Å². The fraction of sp³-hybridized carbons (Fsp3) is 0.182. The Bertz CT molecular complexity index is 555. The van der Waals surface area contributed by atoms with Crippen LogP contribution < -0.4 is 22.2 Å². The Kier molecular flexibility index (Phi) is 4.57. The molecule has 6 N–H and O–H groups in total. The number of nitrogens with zero attached hydrogens (tertiary/aromatic N) is 1. The number of carbonyl (C=O) groups is 2. The normalized spacial score (nSPS) is 10.6.